The number of para-hydroxylation sites is 3. The topological polar surface area (TPSA) is 11.4 Å². The SMILES string of the molecule is c1ccc(-c2ccc(-n3c4ccc(N(c5ccccc5)c5cc(-c6ccc7c(c6)sc6c8ccccc8ccc76)cc(N(c6ccccc6)c6ccccc6)c5)cc4c4ccc5ccccc5c43)cc2)cc1. The monoisotopic (exact) mass is 935 g/mol. The van der Waals surface area contributed by atoms with E-state index in [0.717, 1.165) is 50.9 Å². The molecule has 0 fully saturated rings. The smallest absolute Gasteiger partial charge is 0.0619 e. The fourth-order valence-corrected chi connectivity index (χ4v) is 12.2. The van der Waals surface area contributed by atoms with Crippen LogP contribution in [0.1, 0.15) is 0 Å². The minimum atomic E-state index is 1.05. The van der Waals surface area contributed by atoms with Crippen molar-refractivity contribution in [3.8, 4) is 27.9 Å². The molecule has 0 saturated carbocycles. The summed E-state index contributed by atoms with van der Waals surface area (Å²) in [7, 11) is 0. The number of hydrogen-bond acceptors (Lipinski definition) is 3. The highest BCUT2D eigenvalue weighted by Crippen LogP contribution is 2.47. The highest BCUT2D eigenvalue weighted by atomic mass is 32.1. The lowest BCUT2D eigenvalue weighted by atomic mass is 10.00. The van der Waals surface area contributed by atoms with Crippen LogP contribution in [0.4, 0.5) is 34.1 Å². The van der Waals surface area contributed by atoms with Gasteiger partial charge in [-0.15, -0.1) is 11.3 Å². The lowest BCUT2D eigenvalue weighted by Crippen LogP contribution is -2.13. The molecule has 0 unspecified atom stereocenters. The summed E-state index contributed by atoms with van der Waals surface area (Å²) in [4.78, 5) is 4.81. The molecule has 0 aliphatic rings. The van der Waals surface area contributed by atoms with Crippen LogP contribution < -0.4 is 9.80 Å². The average Bonchev–Trinajstić information content (AvgIpc) is 4.00. The van der Waals surface area contributed by atoms with E-state index in [1.54, 1.807) is 0 Å². The van der Waals surface area contributed by atoms with E-state index in [4.69, 9.17) is 0 Å². The zero-order chi connectivity index (χ0) is 47.5. The van der Waals surface area contributed by atoms with Crippen LogP contribution in [0.2, 0.25) is 0 Å². The molecule has 12 aromatic carbocycles. The molecule has 0 radical (unpaired) electrons. The van der Waals surface area contributed by atoms with Crippen molar-refractivity contribution in [2.75, 3.05) is 9.80 Å². The number of benzene rings is 12. The number of aromatic nitrogens is 1. The highest BCUT2D eigenvalue weighted by Gasteiger charge is 2.22. The summed E-state index contributed by atoms with van der Waals surface area (Å²) < 4.78 is 5.07. The van der Waals surface area contributed by atoms with Gasteiger partial charge in [0.2, 0.25) is 0 Å². The predicted molar refractivity (Wildman–Crippen MR) is 309 cm³/mol. The first-order valence-corrected chi connectivity index (χ1v) is 25.4. The summed E-state index contributed by atoms with van der Waals surface area (Å²) in [5.74, 6) is 0. The van der Waals surface area contributed by atoms with Crippen LogP contribution in [-0.4, -0.2) is 4.57 Å². The molecule has 0 bridgehead atoms. The van der Waals surface area contributed by atoms with Crippen molar-refractivity contribution in [3.63, 3.8) is 0 Å². The number of anilines is 6. The van der Waals surface area contributed by atoms with E-state index in [1.807, 2.05) is 11.3 Å². The van der Waals surface area contributed by atoms with E-state index in [2.05, 4.69) is 287 Å². The minimum absolute atomic E-state index is 1.05. The van der Waals surface area contributed by atoms with Crippen LogP contribution in [-0.2, 0) is 0 Å². The van der Waals surface area contributed by atoms with Crippen molar-refractivity contribution in [2.24, 2.45) is 0 Å². The van der Waals surface area contributed by atoms with E-state index >= 15 is 0 Å². The first-order valence-electron chi connectivity index (χ1n) is 24.6. The Morgan fingerprint density at radius 1 is 0.278 bits per heavy atom. The van der Waals surface area contributed by atoms with Crippen molar-refractivity contribution >= 4 is 109 Å². The molecule has 0 spiro atoms. The molecule has 14 aromatic rings. The van der Waals surface area contributed by atoms with Crippen LogP contribution in [0.15, 0.2) is 273 Å². The number of hydrogen-bond donors (Lipinski definition) is 0. The van der Waals surface area contributed by atoms with Gasteiger partial charge in [0, 0.05) is 76.1 Å². The Bertz CT molecular complexity index is 4270. The third-order valence-electron chi connectivity index (χ3n) is 14.3. The standard InChI is InChI=1S/C68H45N3S/c1-5-17-46(18-6-1)47-29-34-55(35-30-47)71-65-40-36-56(45-64(65)62-38-31-48-19-13-15-27-59(48)67(62)71)70(54-25-11-4-12-26-54)58-42-51(41-57(44-58)69(52-21-7-2-8-22-52)53-23-9-3-10-24-53)50-33-37-61-63-39-32-49-20-14-16-28-60(49)68(63)72-66(61)43-50/h1-45H. The van der Waals surface area contributed by atoms with Gasteiger partial charge in [-0.1, -0.05) is 182 Å². The molecule has 72 heavy (non-hydrogen) atoms. The van der Waals surface area contributed by atoms with Gasteiger partial charge in [0.25, 0.3) is 0 Å². The first-order chi connectivity index (χ1) is 35.7. The molecular formula is C68H45N3S. The number of nitrogens with zero attached hydrogens (tertiary/aromatic N) is 3. The van der Waals surface area contributed by atoms with Crippen molar-refractivity contribution < 1.29 is 0 Å². The fourth-order valence-electron chi connectivity index (χ4n) is 10.9. The van der Waals surface area contributed by atoms with E-state index in [-0.39, 0.29) is 0 Å². The summed E-state index contributed by atoms with van der Waals surface area (Å²) in [6, 6.07) is 99.8. The Hall–Kier alpha value is -9.22. The van der Waals surface area contributed by atoms with Gasteiger partial charge in [-0.2, -0.15) is 0 Å². The molecule has 2 aromatic heterocycles. The van der Waals surface area contributed by atoms with Crippen LogP contribution in [0.3, 0.4) is 0 Å². The van der Waals surface area contributed by atoms with Gasteiger partial charge >= 0.3 is 0 Å². The van der Waals surface area contributed by atoms with E-state index in [1.165, 1.54) is 74.7 Å². The van der Waals surface area contributed by atoms with Crippen molar-refractivity contribution in [1.29, 1.82) is 0 Å². The Labute approximate surface area is 422 Å². The normalized spacial score (nSPS) is 11.6. The third kappa shape index (κ3) is 7.11. The second-order valence-electron chi connectivity index (χ2n) is 18.5. The highest BCUT2D eigenvalue weighted by molar-refractivity contribution is 7.26. The van der Waals surface area contributed by atoms with Crippen molar-refractivity contribution in [1.82, 2.24) is 4.57 Å². The third-order valence-corrected chi connectivity index (χ3v) is 15.5. The second kappa shape index (κ2) is 17.3. The van der Waals surface area contributed by atoms with E-state index in [9.17, 15) is 0 Å². The van der Waals surface area contributed by atoms with Crippen LogP contribution in [0.25, 0.3) is 91.5 Å². The molecule has 2 heterocycles. The Morgan fingerprint density at radius 2 is 0.792 bits per heavy atom. The molecule has 0 amide bonds. The van der Waals surface area contributed by atoms with Gasteiger partial charge in [-0.25, -0.2) is 0 Å². The molecule has 0 aliphatic heterocycles. The average molecular weight is 936 g/mol. The number of rotatable bonds is 9. The second-order valence-corrected chi connectivity index (χ2v) is 19.6. The Kier molecular flexibility index (Phi) is 10.0. The minimum Gasteiger partial charge on any atom is -0.310 e. The van der Waals surface area contributed by atoms with Gasteiger partial charge in [0.15, 0.2) is 0 Å². The largest absolute Gasteiger partial charge is 0.310 e. The summed E-state index contributed by atoms with van der Waals surface area (Å²) in [5.41, 5.74) is 14.6. The van der Waals surface area contributed by atoms with E-state index < -0.39 is 0 Å². The zero-order valence-corrected chi connectivity index (χ0v) is 40.0. The molecule has 0 saturated heterocycles. The maximum Gasteiger partial charge on any atom is 0.0619 e. The van der Waals surface area contributed by atoms with Crippen molar-refractivity contribution in [2.45, 2.75) is 0 Å². The van der Waals surface area contributed by atoms with Gasteiger partial charge in [0.1, 0.15) is 0 Å². The zero-order valence-electron chi connectivity index (χ0n) is 39.2. The van der Waals surface area contributed by atoms with Crippen molar-refractivity contribution in [3.05, 3.63) is 273 Å². The summed E-state index contributed by atoms with van der Waals surface area (Å²) >= 11 is 1.89. The van der Waals surface area contributed by atoms with Gasteiger partial charge in [-0.05, 0) is 129 Å². The summed E-state index contributed by atoms with van der Waals surface area (Å²) in [6.07, 6.45) is 0. The van der Waals surface area contributed by atoms with Crippen LogP contribution in [0.5, 0.6) is 0 Å². The maximum absolute atomic E-state index is 2.46. The quantitative estimate of drug-likeness (QED) is 0.143. The molecular weight excluding hydrogens is 891 g/mol. The van der Waals surface area contributed by atoms with Crippen LogP contribution in [0, 0.1) is 0 Å². The lowest BCUT2D eigenvalue weighted by molar-refractivity contribution is 1.18. The molecule has 0 atom stereocenters. The number of fused-ring (bicyclic) bond motifs is 10. The Morgan fingerprint density at radius 3 is 1.44 bits per heavy atom. The van der Waals surface area contributed by atoms with Gasteiger partial charge < -0.3 is 14.4 Å². The lowest BCUT2D eigenvalue weighted by Gasteiger charge is -2.30. The maximum atomic E-state index is 2.46. The first kappa shape index (κ1) is 41.7. The molecule has 0 N–H and O–H groups in total. The molecule has 338 valence electrons. The number of thiophene rings is 1. The van der Waals surface area contributed by atoms with E-state index in [0.29, 0.717) is 0 Å². The van der Waals surface area contributed by atoms with Crippen LogP contribution >= 0.6 is 11.3 Å². The summed E-state index contributed by atoms with van der Waals surface area (Å²) in [6.45, 7) is 0. The van der Waals surface area contributed by atoms with Gasteiger partial charge in [-0.3, -0.25) is 0 Å². The van der Waals surface area contributed by atoms with Gasteiger partial charge in [0.05, 0.1) is 11.0 Å². The predicted octanol–water partition coefficient (Wildman–Crippen LogP) is 19.7. The fraction of sp³-hybridized carbons (Fsp3) is 0. The molecule has 4 heteroatoms. The summed E-state index contributed by atoms with van der Waals surface area (Å²) in [5, 5.41) is 10.0. The molecule has 3 nitrogen and oxygen atoms in total. The molecule has 0 aliphatic carbocycles. The Balaban J connectivity index is 0.998. The molecule has 14 rings (SSSR count).